The van der Waals surface area contributed by atoms with Crippen molar-refractivity contribution in [3.05, 3.63) is 0 Å². The predicted molar refractivity (Wildman–Crippen MR) is 55.2 cm³/mol. The second-order valence-corrected chi connectivity index (χ2v) is 4.21. The van der Waals surface area contributed by atoms with E-state index in [-0.39, 0.29) is 17.7 Å². The Balaban J connectivity index is 2.40. The highest BCUT2D eigenvalue weighted by Crippen LogP contribution is 2.18. The van der Waals surface area contributed by atoms with Gasteiger partial charge >= 0.3 is 5.97 Å². The fourth-order valence-electron chi connectivity index (χ4n) is 1.70. The lowest BCUT2D eigenvalue weighted by Crippen LogP contribution is -2.32. The van der Waals surface area contributed by atoms with Gasteiger partial charge in [0.15, 0.2) is 0 Å². The molecule has 86 valence electrons. The molecule has 0 aromatic carbocycles. The fourth-order valence-corrected chi connectivity index (χ4v) is 1.70. The zero-order valence-electron chi connectivity index (χ0n) is 8.98. The van der Waals surface area contributed by atoms with Crippen LogP contribution in [0.4, 0.5) is 0 Å². The van der Waals surface area contributed by atoms with Gasteiger partial charge in [-0.05, 0) is 18.9 Å². The van der Waals surface area contributed by atoms with Crippen molar-refractivity contribution < 1.29 is 14.7 Å². The minimum atomic E-state index is -0.808. The smallest absolute Gasteiger partial charge is 0.308 e. The summed E-state index contributed by atoms with van der Waals surface area (Å²) in [5, 5.41) is 8.78. The molecule has 0 aliphatic carbocycles. The van der Waals surface area contributed by atoms with E-state index >= 15 is 0 Å². The van der Waals surface area contributed by atoms with E-state index in [4.69, 9.17) is 10.8 Å². The van der Waals surface area contributed by atoms with Gasteiger partial charge in [-0.2, -0.15) is 0 Å². The molecule has 5 nitrogen and oxygen atoms in total. The summed E-state index contributed by atoms with van der Waals surface area (Å²) >= 11 is 0. The van der Waals surface area contributed by atoms with Crippen molar-refractivity contribution in [3.8, 4) is 0 Å². The van der Waals surface area contributed by atoms with Crippen LogP contribution < -0.4 is 5.73 Å². The molecule has 3 N–H and O–H groups in total. The van der Waals surface area contributed by atoms with Gasteiger partial charge in [-0.15, -0.1) is 0 Å². The number of carbonyl (C=O) groups is 2. The molecular weight excluding hydrogens is 196 g/mol. The Hall–Kier alpha value is -1.10. The lowest BCUT2D eigenvalue weighted by Gasteiger charge is -2.17. The summed E-state index contributed by atoms with van der Waals surface area (Å²) in [7, 11) is 0. The maximum Gasteiger partial charge on any atom is 0.308 e. The van der Waals surface area contributed by atoms with Crippen LogP contribution in [0.3, 0.4) is 0 Å². The normalized spacial score (nSPS) is 22.8. The van der Waals surface area contributed by atoms with E-state index in [0.29, 0.717) is 32.5 Å². The molecule has 1 aliphatic heterocycles. The Morgan fingerprint density at radius 3 is 2.73 bits per heavy atom. The maximum absolute atomic E-state index is 11.7. The fraction of sp³-hybridized carbons (Fsp3) is 0.800. The number of carboxylic acids is 1. The van der Waals surface area contributed by atoms with Crippen molar-refractivity contribution in [2.75, 3.05) is 19.6 Å². The highest BCUT2D eigenvalue weighted by atomic mass is 16.4. The van der Waals surface area contributed by atoms with Crippen molar-refractivity contribution in [2.45, 2.75) is 19.8 Å². The summed E-state index contributed by atoms with van der Waals surface area (Å²) in [6, 6.07) is 0. The van der Waals surface area contributed by atoms with E-state index < -0.39 is 5.97 Å². The standard InChI is InChI=1S/C10H18N2O3/c1-7(5-11)4-9(13)12-3-2-8(6-12)10(14)15/h7-8H,2-6,11H2,1H3,(H,14,15). The third kappa shape index (κ3) is 3.20. The van der Waals surface area contributed by atoms with Gasteiger partial charge in [-0.25, -0.2) is 0 Å². The number of aliphatic carboxylic acids is 1. The lowest BCUT2D eigenvalue weighted by atomic mass is 10.1. The number of carbonyl (C=O) groups excluding carboxylic acids is 1. The first-order chi connectivity index (χ1) is 7.04. The number of carboxylic acid groups (broad SMARTS) is 1. The average molecular weight is 214 g/mol. The van der Waals surface area contributed by atoms with Gasteiger partial charge in [-0.3, -0.25) is 9.59 Å². The molecule has 1 saturated heterocycles. The number of nitrogens with zero attached hydrogens (tertiary/aromatic N) is 1. The number of likely N-dealkylation sites (tertiary alicyclic amines) is 1. The van der Waals surface area contributed by atoms with Crippen LogP contribution in [0.1, 0.15) is 19.8 Å². The molecule has 1 heterocycles. The van der Waals surface area contributed by atoms with Crippen LogP contribution in [0.25, 0.3) is 0 Å². The second kappa shape index (κ2) is 5.11. The van der Waals surface area contributed by atoms with Gasteiger partial charge < -0.3 is 15.7 Å². The first kappa shape index (κ1) is 12.0. The van der Waals surface area contributed by atoms with E-state index in [1.54, 1.807) is 4.90 Å². The first-order valence-electron chi connectivity index (χ1n) is 5.25. The Bertz CT molecular complexity index is 255. The number of amides is 1. The molecule has 15 heavy (non-hydrogen) atoms. The van der Waals surface area contributed by atoms with Crippen LogP contribution in [0.5, 0.6) is 0 Å². The van der Waals surface area contributed by atoms with E-state index in [1.807, 2.05) is 6.92 Å². The van der Waals surface area contributed by atoms with Crippen molar-refractivity contribution in [2.24, 2.45) is 17.6 Å². The second-order valence-electron chi connectivity index (χ2n) is 4.21. The molecule has 1 fully saturated rings. The SMILES string of the molecule is CC(CN)CC(=O)N1CCC(C(=O)O)C1. The Morgan fingerprint density at radius 2 is 2.27 bits per heavy atom. The first-order valence-corrected chi connectivity index (χ1v) is 5.25. The highest BCUT2D eigenvalue weighted by Gasteiger charge is 2.30. The van der Waals surface area contributed by atoms with Gasteiger partial charge in [0, 0.05) is 19.5 Å². The third-order valence-electron chi connectivity index (χ3n) is 2.82. The van der Waals surface area contributed by atoms with Crippen LogP contribution in [0, 0.1) is 11.8 Å². The Kier molecular flexibility index (Phi) is 4.08. The molecule has 1 aliphatic rings. The average Bonchev–Trinajstić information content (AvgIpc) is 2.66. The molecule has 0 radical (unpaired) electrons. The van der Waals surface area contributed by atoms with Crippen molar-refractivity contribution in [3.63, 3.8) is 0 Å². The molecule has 0 bridgehead atoms. The van der Waals surface area contributed by atoms with Gasteiger partial charge in [-0.1, -0.05) is 6.92 Å². The molecule has 2 atom stereocenters. The minimum Gasteiger partial charge on any atom is -0.481 e. The van der Waals surface area contributed by atoms with Gasteiger partial charge in [0.1, 0.15) is 0 Å². The summed E-state index contributed by atoms with van der Waals surface area (Å²) in [6.45, 7) is 3.32. The third-order valence-corrected chi connectivity index (χ3v) is 2.82. The van der Waals surface area contributed by atoms with Crippen molar-refractivity contribution in [1.29, 1.82) is 0 Å². The molecule has 0 aromatic rings. The number of hydrogen-bond donors (Lipinski definition) is 2. The van der Waals surface area contributed by atoms with Crippen LogP contribution >= 0.6 is 0 Å². The van der Waals surface area contributed by atoms with Crippen LogP contribution in [0.2, 0.25) is 0 Å². The topological polar surface area (TPSA) is 83.6 Å². The Morgan fingerprint density at radius 1 is 1.60 bits per heavy atom. The molecule has 0 aromatic heterocycles. The molecule has 2 unspecified atom stereocenters. The molecule has 0 spiro atoms. The Labute approximate surface area is 89.2 Å². The van der Waals surface area contributed by atoms with E-state index in [1.165, 1.54) is 0 Å². The molecule has 5 heteroatoms. The van der Waals surface area contributed by atoms with Crippen molar-refractivity contribution >= 4 is 11.9 Å². The van der Waals surface area contributed by atoms with E-state index in [0.717, 1.165) is 0 Å². The predicted octanol–water partition coefficient (Wildman–Crippen LogP) is -0.0956. The van der Waals surface area contributed by atoms with Gasteiger partial charge in [0.25, 0.3) is 0 Å². The maximum atomic E-state index is 11.7. The summed E-state index contributed by atoms with van der Waals surface area (Å²) in [5.74, 6) is -1.00. The number of hydrogen-bond acceptors (Lipinski definition) is 3. The summed E-state index contributed by atoms with van der Waals surface area (Å²) in [4.78, 5) is 24.0. The molecule has 1 amide bonds. The quantitative estimate of drug-likeness (QED) is 0.684. The zero-order chi connectivity index (χ0) is 11.4. The lowest BCUT2D eigenvalue weighted by molar-refractivity contribution is -0.141. The molecule has 0 saturated carbocycles. The largest absolute Gasteiger partial charge is 0.481 e. The molecule has 1 rings (SSSR count). The van der Waals surface area contributed by atoms with Gasteiger partial charge in [0.2, 0.25) is 5.91 Å². The monoisotopic (exact) mass is 214 g/mol. The minimum absolute atomic E-state index is 0.0247. The summed E-state index contributed by atoms with van der Waals surface area (Å²) in [5.41, 5.74) is 5.43. The van der Waals surface area contributed by atoms with Crippen LogP contribution in [-0.2, 0) is 9.59 Å². The van der Waals surface area contributed by atoms with Crippen LogP contribution in [-0.4, -0.2) is 41.5 Å². The number of rotatable bonds is 4. The van der Waals surface area contributed by atoms with E-state index in [9.17, 15) is 9.59 Å². The summed E-state index contributed by atoms with van der Waals surface area (Å²) in [6.07, 6.45) is 0.987. The zero-order valence-corrected chi connectivity index (χ0v) is 8.98. The van der Waals surface area contributed by atoms with Crippen LogP contribution in [0.15, 0.2) is 0 Å². The highest BCUT2D eigenvalue weighted by molar-refractivity contribution is 5.78. The van der Waals surface area contributed by atoms with Crippen molar-refractivity contribution in [1.82, 2.24) is 4.90 Å². The number of nitrogens with two attached hydrogens (primary N) is 1. The summed E-state index contributed by atoms with van der Waals surface area (Å²) < 4.78 is 0. The van der Waals surface area contributed by atoms with E-state index in [2.05, 4.69) is 0 Å². The molecular formula is C10H18N2O3. The van der Waals surface area contributed by atoms with Gasteiger partial charge in [0.05, 0.1) is 5.92 Å².